The van der Waals surface area contributed by atoms with Crippen LogP contribution in [0.1, 0.15) is 24.3 Å². The van der Waals surface area contributed by atoms with Crippen LogP contribution >= 0.6 is 0 Å². The summed E-state index contributed by atoms with van der Waals surface area (Å²) in [4.78, 5) is 9.92. The first-order valence-electron chi connectivity index (χ1n) is 6.31. The van der Waals surface area contributed by atoms with Crippen LogP contribution in [0.15, 0.2) is 34.7 Å². The fourth-order valence-corrected chi connectivity index (χ4v) is 1.88. The first-order valence-corrected chi connectivity index (χ1v) is 6.31. The maximum absolute atomic E-state index is 13.6. The molecule has 1 N–H and O–H groups in total. The van der Waals surface area contributed by atoms with E-state index in [1.807, 2.05) is 6.92 Å². The number of hydrogen-bond donors (Lipinski definition) is 1. The van der Waals surface area contributed by atoms with Gasteiger partial charge in [0.25, 0.3) is 0 Å². The Labute approximate surface area is 120 Å². The third kappa shape index (κ3) is 3.57. The van der Waals surface area contributed by atoms with Crippen molar-refractivity contribution in [2.45, 2.75) is 19.5 Å². The first kappa shape index (κ1) is 15.0. The third-order valence-corrected chi connectivity index (χ3v) is 3.09. The van der Waals surface area contributed by atoms with Gasteiger partial charge in [-0.25, -0.2) is 4.39 Å². The van der Waals surface area contributed by atoms with E-state index in [9.17, 15) is 14.5 Å². The van der Waals surface area contributed by atoms with Crippen LogP contribution in [0.4, 0.5) is 10.3 Å². The van der Waals surface area contributed by atoms with Crippen LogP contribution in [0.25, 0.3) is 0 Å². The van der Waals surface area contributed by atoms with Crippen molar-refractivity contribution in [2.24, 2.45) is 0 Å². The number of nitrogens with zero attached hydrogens (tertiary/aromatic N) is 1. The van der Waals surface area contributed by atoms with Crippen LogP contribution in [0.3, 0.4) is 0 Å². The van der Waals surface area contributed by atoms with Crippen molar-refractivity contribution in [2.75, 3.05) is 7.11 Å². The molecule has 6 nitrogen and oxygen atoms in total. The van der Waals surface area contributed by atoms with Gasteiger partial charge in [-0.05, 0) is 30.7 Å². The van der Waals surface area contributed by atoms with Gasteiger partial charge in [-0.15, -0.1) is 0 Å². The molecule has 1 aromatic heterocycles. The molecule has 0 saturated heterocycles. The number of hydrogen-bond acceptors (Lipinski definition) is 5. The molecular formula is C14H15FN2O4. The summed E-state index contributed by atoms with van der Waals surface area (Å²) in [5.41, 5.74) is 0.745. The summed E-state index contributed by atoms with van der Waals surface area (Å²) in [6.07, 6.45) is 0. The first-order chi connectivity index (χ1) is 10.0. The smallest absolute Gasteiger partial charge is 0.433 e. The second-order valence-electron chi connectivity index (χ2n) is 4.49. The zero-order valence-corrected chi connectivity index (χ0v) is 11.6. The van der Waals surface area contributed by atoms with Gasteiger partial charge in [0, 0.05) is 6.04 Å². The summed E-state index contributed by atoms with van der Waals surface area (Å²) in [6.45, 7) is 2.17. The molecule has 0 radical (unpaired) electrons. The number of rotatable bonds is 6. The fourth-order valence-electron chi connectivity index (χ4n) is 1.88. The summed E-state index contributed by atoms with van der Waals surface area (Å²) in [5.74, 6) is -0.0950. The molecule has 1 heterocycles. The Hall–Kier alpha value is -2.41. The molecule has 1 atom stereocenters. The Kier molecular flexibility index (Phi) is 4.54. The zero-order valence-electron chi connectivity index (χ0n) is 11.6. The molecule has 0 saturated carbocycles. The van der Waals surface area contributed by atoms with Crippen LogP contribution in [-0.4, -0.2) is 12.0 Å². The molecule has 2 aromatic rings. The Morgan fingerprint density at radius 1 is 1.43 bits per heavy atom. The number of halogens is 1. The van der Waals surface area contributed by atoms with Gasteiger partial charge < -0.3 is 14.5 Å². The summed E-state index contributed by atoms with van der Waals surface area (Å²) in [6, 6.07) is 7.39. The van der Waals surface area contributed by atoms with E-state index < -0.39 is 10.7 Å². The van der Waals surface area contributed by atoms with Crippen molar-refractivity contribution in [3.63, 3.8) is 0 Å². The van der Waals surface area contributed by atoms with Gasteiger partial charge in [-0.1, -0.05) is 6.07 Å². The maximum Gasteiger partial charge on any atom is 0.433 e. The van der Waals surface area contributed by atoms with Gasteiger partial charge in [-0.3, -0.25) is 10.1 Å². The minimum Gasteiger partial charge on any atom is -0.494 e. The summed E-state index contributed by atoms with van der Waals surface area (Å²) in [7, 11) is 1.41. The lowest BCUT2D eigenvalue weighted by molar-refractivity contribution is -0.402. The molecule has 0 aliphatic carbocycles. The predicted molar refractivity (Wildman–Crippen MR) is 73.6 cm³/mol. The number of benzene rings is 1. The van der Waals surface area contributed by atoms with E-state index in [-0.39, 0.29) is 17.7 Å². The fraction of sp³-hybridized carbons (Fsp3) is 0.286. The maximum atomic E-state index is 13.6. The Morgan fingerprint density at radius 2 is 2.19 bits per heavy atom. The standard InChI is InChI=1S/C14H15FN2O4/c1-9(10-3-5-13(20-2)12(15)7-10)16-8-11-4-6-14(21-11)17(18)19/h3-7,9,16H,8H2,1-2H3. The molecule has 2 rings (SSSR count). The second kappa shape index (κ2) is 6.36. The second-order valence-corrected chi connectivity index (χ2v) is 4.49. The SMILES string of the molecule is COc1ccc(C(C)NCc2ccc([N+](=O)[O-])o2)cc1F. The van der Waals surface area contributed by atoms with Crippen molar-refractivity contribution < 1.29 is 18.5 Å². The van der Waals surface area contributed by atoms with Gasteiger partial charge in [0.1, 0.15) is 10.7 Å². The Morgan fingerprint density at radius 3 is 2.76 bits per heavy atom. The number of nitrogens with one attached hydrogen (secondary N) is 1. The molecule has 0 aliphatic rings. The van der Waals surface area contributed by atoms with Gasteiger partial charge in [0.15, 0.2) is 11.6 Å². The number of nitro groups is 1. The van der Waals surface area contributed by atoms with E-state index >= 15 is 0 Å². The molecule has 0 fully saturated rings. The molecule has 1 aromatic carbocycles. The van der Waals surface area contributed by atoms with Gasteiger partial charge in [-0.2, -0.15) is 0 Å². The monoisotopic (exact) mass is 294 g/mol. The molecule has 21 heavy (non-hydrogen) atoms. The van der Waals surface area contributed by atoms with Crippen molar-refractivity contribution in [1.82, 2.24) is 5.32 Å². The van der Waals surface area contributed by atoms with Gasteiger partial charge >= 0.3 is 5.88 Å². The Bertz CT molecular complexity index is 642. The molecule has 1 unspecified atom stereocenters. The van der Waals surface area contributed by atoms with Crippen molar-refractivity contribution in [1.29, 1.82) is 0 Å². The minimum atomic E-state index is -0.591. The van der Waals surface area contributed by atoms with Crippen LogP contribution in [0, 0.1) is 15.9 Å². The van der Waals surface area contributed by atoms with Crippen LogP contribution in [0.5, 0.6) is 5.75 Å². The normalized spacial score (nSPS) is 12.1. The number of furan rings is 1. The highest BCUT2D eigenvalue weighted by Gasteiger charge is 2.13. The molecule has 7 heteroatoms. The minimum absolute atomic E-state index is 0.144. The quantitative estimate of drug-likeness (QED) is 0.654. The summed E-state index contributed by atoms with van der Waals surface area (Å²) >= 11 is 0. The van der Waals surface area contributed by atoms with E-state index in [0.717, 1.165) is 5.56 Å². The van der Waals surface area contributed by atoms with E-state index in [1.165, 1.54) is 25.3 Å². The van der Waals surface area contributed by atoms with E-state index in [0.29, 0.717) is 12.3 Å². The number of methoxy groups -OCH3 is 1. The highest BCUT2D eigenvalue weighted by Crippen LogP contribution is 2.22. The highest BCUT2D eigenvalue weighted by molar-refractivity contribution is 5.30. The average Bonchev–Trinajstić information content (AvgIpc) is 2.93. The van der Waals surface area contributed by atoms with Crippen LogP contribution in [0.2, 0.25) is 0 Å². The van der Waals surface area contributed by atoms with Crippen LogP contribution in [-0.2, 0) is 6.54 Å². The molecule has 0 bridgehead atoms. The topological polar surface area (TPSA) is 77.5 Å². The van der Waals surface area contributed by atoms with Crippen LogP contribution < -0.4 is 10.1 Å². The molecule has 0 aliphatic heterocycles. The lowest BCUT2D eigenvalue weighted by Crippen LogP contribution is -2.17. The summed E-state index contributed by atoms with van der Waals surface area (Å²) < 4.78 is 23.5. The van der Waals surface area contributed by atoms with Gasteiger partial charge in [0.05, 0.1) is 19.7 Å². The lowest BCUT2D eigenvalue weighted by atomic mass is 10.1. The van der Waals surface area contributed by atoms with E-state index in [1.54, 1.807) is 12.1 Å². The average molecular weight is 294 g/mol. The largest absolute Gasteiger partial charge is 0.494 e. The Balaban J connectivity index is 1.99. The predicted octanol–water partition coefficient (Wildman–Crippen LogP) is 3.19. The van der Waals surface area contributed by atoms with Crippen molar-refractivity contribution in [3.05, 3.63) is 57.6 Å². The molecule has 0 spiro atoms. The molecule has 0 amide bonds. The third-order valence-electron chi connectivity index (χ3n) is 3.09. The van der Waals surface area contributed by atoms with Crippen molar-refractivity contribution >= 4 is 5.88 Å². The van der Waals surface area contributed by atoms with E-state index in [2.05, 4.69) is 5.32 Å². The molecular weight excluding hydrogens is 279 g/mol. The van der Waals surface area contributed by atoms with E-state index in [4.69, 9.17) is 9.15 Å². The van der Waals surface area contributed by atoms with Crippen molar-refractivity contribution in [3.8, 4) is 5.75 Å². The molecule has 112 valence electrons. The highest BCUT2D eigenvalue weighted by atomic mass is 19.1. The lowest BCUT2D eigenvalue weighted by Gasteiger charge is -2.14. The zero-order chi connectivity index (χ0) is 15.4. The number of ether oxygens (including phenoxy) is 1. The van der Waals surface area contributed by atoms with Gasteiger partial charge in [0.2, 0.25) is 0 Å². The summed E-state index contributed by atoms with van der Waals surface area (Å²) in [5, 5.41) is 13.6.